The maximum atomic E-state index is 3.74. The fourth-order valence-corrected chi connectivity index (χ4v) is 2.40. The molecule has 1 aliphatic rings. The quantitative estimate of drug-likeness (QED) is 0.710. The molecule has 2 atom stereocenters. The largest absolute Gasteiger partial charge is 0.313 e. The topological polar surface area (TPSA) is 12.0 Å². The lowest BCUT2D eigenvalue weighted by Gasteiger charge is -2.41. The minimum Gasteiger partial charge on any atom is -0.313 e. The third-order valence-electron chi connectivity index (χ3n) is 3.98. The van der Waals surface area contributed by atoms with E-state index in [4.69, 9.17) is 0 Å². The van der Waals surface area contributed by atoms with Crippen LogP contribution in [0.3, 0.4) is 0 Å². The Morgan fingerprint density at radius 3 is 2.00 bits per heavy atom. The van der Waals surface area contributed by atoms with E-state index in [2.05, 4.69) is 60.7 Å². The van der Waals surface area contributed by atoms with Crippen molar-refractivity contribution in [1.29, 1.82) is 0 Å². The summed E-state index contributed by atoms with van der Waals surface area (Å²) in [5.41, 5.74) is 0.932. The molecule has 0 aromatic carbocycles. The van der Waals surface area contributed by atoms with Crippen molar-refractivity contribution in [3.8, 4) is 0 Å². The van der Waals surface area contributed by atoms with Crippen LogP contribution in [0.2, 0.25) is 0 Å². The van der Waals surface area contributed by atoms with E-state index < -0.39 is 0 Å². The van der Waals surface area contributed by atoms with Crippen molar-refractivity contribution in [2.75, 3.05) is 6.54 Å². The van der Waals surface area contributed by atoms with Crippen LogP contribution >= 0.6 is 0 Å². The smallest absolute Gasteiger partial charge is 0.00725 e. The van der Waals surface area contributed by atoms with Crippen molar-refractivity contribution < 1.29 is 0 Å². The Kier molecular flexibility index (Phi) is 7.51. The Labute approximate surface area is 116 Å². The van der Waals surface area contributed by atoms with Gasteiger partial charge in [-0.3, -0.25) is 0 Å². The third kappa shape index (κ3) is 7.41. The van der Waals surface area contributed by atoms with E-state index in [0.29, 0.717) is 10.8 Å². The molecule has 110 valence electrons. The minimum absolute atomic E-state index is 0.410. The standard InChI is InChI=1S/C14H29N.C3H8/c1-11-7-8-12(9-14(11,5)6)15-10-13(2,3)4;1-3-2/h11-12,15H,7-10H2,1-6H3;3H2,1-2H3/t11?,12-;/m0./s1. The molecular weight excluding hydrogens is 218 g/mol. The van der Waals surface area contributed by atoms with E-state index in [1.54, 1.807) is 0 Å². The van der Waals surface area contributed by atoms with E-state index in [-0.39, 0.29) is 0 Å². The van der Waals surface area contributed by atoms with Crippen LogP contribution in [0.5, 0.6) is 0 Å². The van der Waals surface area contributed by atoms with Crippen LogP contribution in [0.25, 0.3) is 0 Å². The Morgan fingerprint density at radius 2 is 1.61 bits per heavy atom. The molecule has 0 spiro atoms. The van der Waals surface area contributed by atoms with Crippen LogP contribution < -0.4 is 5.32 Å². The summed E-state index contributed by atoms with van der Waals surface area (Å²) < 4.78 is 0. The second kappa shape index (κ2) is 7.53. The summed E-state index contributed by atoms with van der Waals surface area (Å²) in [4.78, 5) is 0. The molecule has 1 N–H and O–H groups in total. The highest BCUT2D eigenvalue weighted by Crippen LogP contribution is 2.40. The molecular formula is C17H37N. The van der Waals surface area contributed by atoms with Gasteiger partial charge >= 0.3 is 0 Å². The highest BCUT2D eigenvalue weighted by molar-refractivity contribution is 4.88. The van der Waals surface area contributed by atoms with Crippen molar-refractivity contribution in [1.82, 2.24) is 5.32 Å². The second-order valence-corrected chi connectivity index (χ2v) is 8.02. The predicted octanol–water partition coefficient (Wildman–Crippen LogP) is 5.25. The van der Waals surface area contributed by atoms with E-state index >= 15 is 0 Å². The van der Waals surface area contributed by atoms with Crippen LogP contribution in [0.4, 0.5) is 0 Å². The molecule has 0 heterocycles. The maximum Gasteiger partial charge on any atom is 0.00725 e. The third-order valence-corrected chi connectivity index (χ3v) is 3.98. The molecule has 1 rings (SSSR count). The van der Waals surface area contributed by atoms with Crippen molar-refractivity contribution in [2.24, 2.45) is 16.7 Å². The fraction of sp³-hybridized carbons (Fsp3) is 1.00. The average Bonchev–Trinajstić information content (AvgIpc) is 2.20. The van der Waals surface area contributed by atoms with E-state index in [0.717, 1.165) is 18.5 Å². The van der Waals surface area contributed by atoms with Crippen molar-refractivity contribution in [3.05, 3.63) is 0 Å². The zero-order valence-corrected chi connectivity index (χ0v) is 14.2. The van der Waals surface area contributed by atoms with Gasteiger partial charge in [-0.25, -0.2) is 0 Å². The van der Waals surface area contributed by atoms with Gasteiger partial charge in [-0.05, 0) is 36.0 Å². The summed E-state index contributed by atoms with van der Waals surface area (Å²) in [6.45, 7) is 19.5. The van der Waals surface area contributed by atoms with E-state index in [1.807, 2.05) is 0 Å². The maximum absolute atomic E-state index is 3.74. The molecule has 1 saturated carbocycles. The van der Waals surface area contributed by atoms with Crippen LogP contribution in [0.15, 0.2) is 0 Å². The lowest BCUT2D eigenvalue weighted by Crippen LogP contribution is -2.43. The molecule has 1 unspecified atom stereocenters. The van der Waals surface area contributed by atoms with Crippen LogP contribution in [-0.4, -0.2) is 12.6 Å². The second-order valence-electron chi connectivity index (χ2n) is 8.02. The molecule has 0 radical (unpaired) electrons. The molecule has 1 aliphatic carbocycles. The number of nitrogens with one attached hydrogen (secondary N) is 1. The molecule has 0 bridgehead atoms. The van der Waals surface area contributed by atoms with E-state index in [1.165, 1.54) is 25.7 Å². The number of hydrogen-bond acceptors (Lipinski definition) is 1. The van der Waals surface area contributed by atoms with Gasteiger partial charge in [0.25, 0.3) is 0 Å². The van der Waals surface area contributed by atoms with Gasteiger partial charge in [0.1, 0.15) is 0 Å². The molecule has 0 aromatic rings. The summed E-state index contributed by atoms with van der Waals surface area (Å²) in [5, 5.41) is 3.74. The van der Waals surface area contributed by atoms with Gasteiger partial charge < -0.3 is 5.32 Å². The first-order valence-corrected chi connectivity index (χ1v) is 7.85. The van der Waals surface area contributed by atoms with Gasteiger partial charge in [0.2, 0.25) is 0 Å². The zero-order chi connectivity index (χ0) is 14.4. The van der Waals surface area contributed by atoms with Gasteiger partial charge in [-0.1, -0.05) is 61.8 Å². The first-order valence-electron chi connectivity index (χ1n) is 7.85. The molecule has 0 saturated heterocycles. The van der Waals surface area contributed by atoms with Crippen molar-refractivity contribution >= 4 is 0 Å². The van der Waals surface area contributed by atoms with Crippen LogP contribution in [0.1, 0.15) is 81.1 Å². The summed E-state index contributed by atoms with van der Waals surface area (Å²) in [5.74, 6) is 0.880. The summed E-state index contributed by atoms with van der Waals surface area (Å²) >= 11 is 0. The monoisotopic (exact) mass is 255 g/mol. The van der Waals surface area contributed by atoms with Crippen molar-refractivity contribution in [2.45, 2.75) is 87.1 Å². The summed E-state index contributed by atoms with van der Waals surface area (Å²) in [6, 6.07) is 0.746. The van der Waals surface area contributed by atoms with Gasteiger partial charge in [-0.2, -0.15) is 0 Å². The number of rotatable bonds is 2. The summed E-state index contributed by atoms with van der Waals surface area (Å²) in [6.07, 6.45) is 5.33. The lowest BCUT2D eigenvalue weighted by molar-refractivity contribution is 0.119. The highest BCUT2D eigenvalue weighted by atomic mass is 14.9. The first kappa shape index (κ1) is 18.0. The molecule has 0 amide bonds. The number of hydrogen-bond donors (Lipinski definition) is 1. The zero-order valence-electron chi connectivity index (χ0n) is 14.2. The predicted molar refractivity (Wildman–Crippen MR) is 84.0 cm³/mol. The SMILES string of the molecule is CC1CC[C@H](NCC(C)(C)C)CC1(C)C.CCC. The van der Waals surface area contributed by atoms with Gasteiger partial charge in [0.15, 0.2) is 0 Å². The van der Waals surface area contributed by atoms with Gasteiger partial charge in [0, 0.05) is 12.6 Å². The fourth-order valence-electron chi connectivity index (χ4n) is 2.40. The Hall–Kier alpha value is -0.0400. The first-order chi connectivity index (χ1) is 8.12. The molecule has 1 heteroatoms. The summed E-state index contributed by atoms with van der Waals surface area (Å²) in [7, 11) is 0. The minimum atomic E-state index is 0.410. The molecule has 0 aliphatic heterocycles. The lowest BCUT2D eigenvalue weighted by atomic mass is 9.68. The van der Waals surface area contributed by atoms with Crippen molar-refractivity contribution in [3.63, 3.8) is 0 Å². The van der Waals surface area contributed by atoms with E-state index in [9.17, 15) is 0 Å². The molecule has 0 aromatic heterocycles. The van der Waals surface area contributed by atoms with Gasteiger partial charge in [-0.15, -0.1) is 0 Å². The highest BCUT2D eigenvalue weighted by Gasteiger charge is 2.33. The molecule has 1 fully saturated rings. The normalized spacial score (nSPS) is 27.3. The van der Waals surface area contributed by atoms with Crippen LogP contribution in [0, 0.1) is 16.7 Å². The molecule has 1 nitrogen and oxygen atoms in total. The van der Waals surface area contributed by atoms with Crippen LogP contribution in [-0.2, 0) is 0 Å². The Balaban J connectivity index is 0.000000873. The average molecular weight is 255 g/mol. The Morgan fingerprint density at radius 1 is 1.11 bits per heavy atom. The molecule has 18 heavy (non-hydrogen) atoms. The van der Waals surface area contributed by atoms with Gasteiger partial charge in [0.05, 0.1) is 0 Å². The Bertz CT molecular complexity index is 212.